The lowest BCUT2D eigenvalue weighted by atomic mass is 9.46. The highest BCUT2D eigenvalue weighted by atomic mass is 16.6. The van der Waals surface area contributed by atoms with Gasteiger partial charge in [0.15, 0.2) is 0 Å². The summed E-state index contributed by atoms with van der Waals surface area (Å²) in [5, 5.41) is 17.8. The van der Waals surface area contributed by atoms with E-state index in [9.17, 15) is 19.2 Å². The lowest BCUT2D eigenvalue weighted by molar-refractivity contribution is -0.164. The first-order valence-corrected chi connectivity index (χ1v) is 16.5. The maximum atomic E-state index is 12.4. The smallest absolute Gasteiger partial charge is 0.306 e. The van der Waals surface area contributed by atoms with E-state index in [0.717, 1.165) is 38.5 Å². The summed E-state index contributed by atoms with van der Waals surface area (Å²) in [7, 11) is 0. The number of aliphatic carboxylic acids is 2. The normalized spacial score (nSPS) is 35.9. The van der Waals surface area contributed by atoms with Gasteiger partial charge in [0.2, 0.25) is 0 Å². The number of rotatable bonds is 12. The maximum Gasteiger partial charge on any atom is 0.306 e. The second-order valence-electron chi connectivity index (χ2n) is 15.6. The van der Waals surface area contributed by atoms with Gasteiger partial charge in [0.05, 0.1) is 25.7 Å². The van der Waals surface area contributed by atoms with Crippen molar-refractivity contribution < 1.29 is 38.9 Å². The molecule has 242 valence electrons. The Bertz CT molecular complexity index is 1120. The molecule has 8 atom stereocenters. The number of ether oxygens (including phenoxy) is 2. The van der Waals surface area contributed by atoms with Gasteiger partial charge in [-0.15, -0.1) is 0 Å². The van der Waals surface area contributed by atoms with E-state index in [1.165, 1.54) is 31.3 Å². The molecule has 0 aliphatic heterocycles. The standard InChI is InChI=1S/C35H54O8/c1-22(15-17-32(2,3)42-30(40)13-11-28(36)37)25-9-10-26-24-8-7-23-21-33(4,43-31(41)14-12-29(38)39)19-20-34(23,5)27(24)16-18-35(25,26)6/h7,22,24-27H,8-21H2,1-6H3,(H,36,37)(H,38,39)/t22-,24+,25-,26+,27+,33+,34+,35-/m1/s1. The van der Waals surface area contributed by atoms with Gasteiger partial charge in [-0.25, -0.2) is 0 Å². The van der Waals surface area contributed by atoms with E-state index in [-0.39, 0.29) is 31.1 Å². The van der Waals surface area contributed by atoms with Gasteiger partial charge in [0, 0.05) is 6.42 Å². The molecule has 4 aliphatic carbocycles. The molecule has 43 heavy (non-hydrogen) atoms. The van der Waals surface area contributed by atoms with Crippen molar-refractivity contribution in [1.82, 2.24) is 0 Å². The zero-order valence-electron chi connectivity index (χ0n) is 27.2. The predicted molar refractivity (Wildman–Crippen MR) is 162 cm³/mol. The van der Waals surface area contributed by atoms with Crippen molar-refractivity contribution in [3.63, 3.8) is 0 Å². The number of carboxylic acid groups (broad SMARTS) is 2. The van der Waals surface area contributed by atoms with Crippen LogP contribution in [0.4, 0.5) is 0 Å². The molecule has 2 N–H and O–H groups in total. The molecule has 0 unspecified atom stereocenters. The summed E-state index contributed by atoms with van der Waals surface area (Å²) in [5.74, 6) is 0.317. The fraction of sp³-hybridized carbons (Fsp3) is 0.829. The maximum absolute atomic E-state index is 12.4. The minimum Gasteiger partial charge on any atom is -0.481 e. The Morgan fingerprint density at radius 1 is 0.907 bits per heavy atom. The SMILES string of the molecule is C[C@H](CCC(C)(C)OC(=O)CCC(=O)O)[C@H]1CC[C@H]2[C@@H]3CC=C4C[C@@](C)(OC(=O)CCC(=O)O)CC[C@]4(C)[C@H]3CC[C@]12C. The summed E-state index contributed by atoms with van der Waals surface area (Å²) < 4.78 is 11.5. The molecule has 8 nitrogen and oxygen atoms in total. The van der Waals surface area contributed by atoms with Gasteiger partial charge in [-0.2, -0.15) is 0 Å². The summed E-state index contributed by atoms with van der Waals surface area (Å²) in [5.41, 5.74) is 0.673. The number of esters is 2. The number of fused-ring (bicyclic) bond motifs is 5. The first-order valence-electron chi connectivity index (χ1n) is 16.5. The quantitative estimate of drug-likeness (QED) is 0.176. The van der Waals surface area contributed by atoms with Crippen molar-refractivity contribution >= 4 is 23.9 Å². The highest BCUT2D eigenvalue weighted by Gasteiger charge is 2.60. The molecule has 0 saturated heterocycles. The molecule has 0 aromatic heterocycles. The molecule has 3 saturated carbocycles. The third-order valence-corrected chi connectivity index (χ3v) is 12.2. The Labute approximate surface area is 257 Å². The molecule has 3 fully saturated rings. The topological polar surface area (TPSA) is 127 Å². The second kappa shape index (κ2) is 12.5. The monoisotopic (exact) mass is 602 g/mol. The van der Waals surface area contributed by atoms with E-state index < -0.39 is 35.1 Å². The Morgan fingerprint density at radius 2 is 1.56 bits per heavy atom. The number of hydrogen-bond donors (Lipinski definition) is 2. The zero-order chi connectivity index (χ0) is 31.8. The van der Waals surface area contributed by atoms with Crippen LogP contribution in [0.25, 0.3) is 0 Å². The molecule has 0 radical (unpaired) electrons. The summed E-state index contributed by atoms with van der Waals surface area (Å²) in [6.45, 7) is 13.2. The van der Waals surface area contributed by atoms with Crippen molar-refractivity contribution in [3.05, 3.63) is 11.6 Å². The molecule has 0 spiro atoms. The van der Waals surface area contributed by atoms with Gasteiger partial charge in [0.25, 0.3) is 0 Å². The molecular formula is C35H54O8. The Morgan fingerprint density at radius 3 is 2.21 bits per heavy atom. The van der Waals surface area contributed by atoms with Gasteiger partial charge in [-0.3, -0.25) is 19.2 Å². The summed E-state index contributed by atoms with van der Waals surface area (Å²) >= 11 is 0. The minimum atomic E-state index is -0.988. The number of allylic oxidation sites excluding steroid dienone is 1. The van der Waals surface area contributed by atoms with Crippen molar-refractivity contribution in [2.45, 2.75) is 143 Å². The molecular weight excluding hydrogens is 548 g/mol. The molecule has 4 aliphatic rings. The highest BCUT2D eigenvalue weighted by Crippen LogP contribution is 2.68. The fourth-order valence-electron chi connectivity index (χ4n) is 9.79. The largest absolute Gasteiger partial charge is 0.481 e. The van der Waals surface area contributed by atoms with Crippen LogP contribution in [-0.4, -0.2) is 45.3 Å². The van der Waals surface area contributed by atoms with Gasteiger partial charge < -0.3 is 19.7 Å². The molecule has 0 aromatic rings. The molecule has 0 heterocycles. The third kappa shape index (κ3) is 7.30. The Balaban J connectivity index is 1.38. The van der Waals surface area contributed by atoms with E-state index in [2.05, 4.69) is 26.8 Å². The summed E-state index contributed by atoms with van der Waals surface area (Å²) in [6.07, 6.45) is 12.2. The minimum absolute atomic E-state index is 0.0821. The van der Waals surface area contributed by atoms with E-state index in [1.54, 1.807) is 0 Å². The first kappa shape index (κ1) is 33.5. The highest BCUT2D eigenvalue weighted by molar-refractivity contribution is 5.77. The predicted octanol–water partition coefficient (Wildman–Crippen LogP) is 7.34. The van der Waals surface area contributed by atoms with E-state index in [0.29, 0.717) is 35.0 Å². The number of hydrogen-bond acceptors (Lipinski definition) is 6. The Hall–Kier alpha value is -2.38. The lowest BCUT2D eigenvalue weighted by Gasteiger charge is -2.59. The van der Waals surface area contributed by atoms with Crippen molar-refractivity contribution in [1.29, 1.82) is 0 Å². The Kier molecular flexibility index (Phi) is 9.78. The van der Waals surface area contributed by atoms with Gasteiger partial charge in [0.1, 0.15) is 11.2 Å². The fourth-order valence-corrected chi connectivity index (χ4v) is 9.79. The van der Waals surface area contributed by atoms with Crippen LogP contribution in [-0.2, 0) is 28.7 Å². The molecule has 4 rings (SSSR count). The van der Waals surface area contributed by atoms with E-state index in [1.807, 2.05) is 20.8 Å². The summed E-state index contributed by atoms with van der Waals surface area (Å²) in [4.78, 5) is 46.3. The summed E-state index contributed by atoms with van der Waals surface area (Å²) in [6, 6.07) is 0. The number of carbonyl (C=O) groups is 4. The van der Waals surface area contributed by atoms with Crippen LogP contribution in [0.15, 0.2) is 11.6 Å². The average Bonchev–Trinajstić information content (AvgIpc) is 3.27. The van der Waals surface area contributed by atoms with Crippen molar-refractivity contribution in [3.8, 4) is 0 Å². The molecule has 0 aromatic carbocycles. The average molecular weight is 603 g/mol. The first-order chi connectivity index (χ1) is 20.0. The second-order valence-corrected chi connectivity index (χ2v) is 15.6. The van der Waals surface area contributed by atoms with Gasteiger partial charge in [-0.05, 0) is 119 Å². The van der Waals surface area contributed by atoms with Crippen LogP contribution >= 0.6 is 0 Å². The third-order valence-electron chi connectivity index (χ3n) is 12.2. The molecule has 0 amide bonds. The molecule has 0 bridgehead atoms. The van der Waals surface area contributed by atoms with Gasteiger partial charge >= 0.3 is 23.9 Å². The lowest BCUT2D eigenvalue weighted by Crippen LogP contribution is -2.52. The van der Waals surface area contributed by atoms with Gasteiger partial charge in [-0.1, -0.05) is 32.4 Å². The van der Waals surface area contributed by atoms with Crippen LogP contribution in [0.2, 0.25) is 0 Å². The van der Waals surface area contributed by atoms with Crippen LogP contribution in [0, 0.1) is 40.4 Å². The van der Waals surface area contributed by atoms with Crippen LogP contribution in [0.1, 0.15) is 131 Å². The molecule has 8 heteroatoms. The van der Waals surface area contributed by atoms with E-state index in [4.69, 9.17) is 19.7 Å². The number of carboxylic acids is 2. The van der Waals surface area contributed by atoms with Crippen molar-refractivity contribution in [2.24, 2.45) is 40.4 Å². The van der Waals surface area contributed by atoms with Crippen molar-refractivity contribution in [2.75, 3.05) is 0 Å². The number of carbonyl (C=O) groups excluding carboxylic acids is 2. The van der Waals surface area contributed by atoms with Crippen LogP contribution < -0.4 is 0 Å². The van der Waals surface area contributed by atoms with Crippen LogP contribution in [0.3, 0.4) is 0 Å². The zero-order valence-corrected chi connectivity index (χ0v) is 27.2. The van der Waals surface area contributed by atoms with Crippen LogP contribution in [0.5, 0.6) is 0 Å². The van der Waals surface area contributed by atoms with E-state index >= 15 is 0 Å².